The van der Waals surface area contributed by atoms with E-state index < -0.39 is 35.6 Å². The Kier molecular flexibility index (Phi) is 5.68. The van der Waals surface area contributed by atoms with Crippen LogP contribution >= 0.6 is 0 Å². The molecule has 142 valence electrons. The molecule has 1 atom stereocenters. The summed E-state index contributed by atoms with van der Waals surface area (Å²) in [6.45, 7) is 3.61. The van der Waals surface area contributed by atoms with Gasteiger partial charge in [0.05, 0.1) is 0 Å². The lowest BCUT2D eigenvalue weighted by atomic mass is 9.89. The maximum absolute atomic E-state index is 13.3. The third-order valence-electron chi connectivity index (χ3n) is 3.61. The monoisotopic (exact) mass is 374 g/mol. The van der Waals surface area contributed by atoms with Crippen molar-refractivity contribution in [2.45, 2.75) is 44.8 Å². The highest BCUT2D eigenvalue weighted by molar-refractivity contribution is 5.72. The number of halogens is 6. The Labute approximate surface area is 139 Å². The normalized spacial score (nSPS) is 14.3. The summed E-state index contributed by atoms with van der Waals surface area (Å²) in [6.07, 6.45) is -12.9. The molecule has 25 heavy (non-hydrogen) atoms. The Morgan fingerprint density at radius 3 is 1.72 bits per heavy atom. The van der Waals surface area contributed by atoms with Crippen LogP contribution in [0.25, 0.3) is 0 Å². The maximum Gasteiger partial charge on any atom is 0.430 e. The Bertz CT molecular complexity index is 613. The summed E-state index contributed by atoms with van der Waals surface area (Å²) >= 11 is 0. The van der Waals surface area contributed by atoms with Crippen LogP contribution in [0.4, 0.5) is 26.3 Å². The fourth-order valence-electron chi connectivity index (χ4n) is 2.40. The molecule has 0 aliphatic rings. The Morgan fingerprint density at radius 2 is 1.44 bits per heavy atom. The number of carbonyl (C=O) groups is 1. The minimum atomic E-state index is -5.77. The maximum atomic E-state index is 13.3. The molecule has 1 unspecified atom stereocenters. The van der Waals surface area contributed by atoms with Crippen LogP contribution < -0.4 is 4.74 Å². The summed E-state index contributed by atoms with van der Waals surface area (Å²) in [5.74, 6) is -1.44. The van der Waals surface area contributed by atoms with Gasteiger partial charge in [-0.3, -0.25) is 0 Å². The summed E-state index contributed by atoms with van der Waals surface area (Å²) in [5.41, 5.74) is -5.84. The van der Waals surface area contributed by atoms with Crippen molar-refractivity contribution in [2.75, 3.05) is 7.11 Å². The van der Waals surface area contributed by atoms with Crippen LogP contribution in [0.5, 0.6) is 5.75 Å². The molecule has 0 aromatic heterocycles. The number of rotatable bonds is 5. The zero-order chi connectivity index (χ0) is 19.8. The highest BCUT2D eigenvalue weighted by Gasteiger charge is 2.73. The average molecular weight is 374 g/mol. The number of carboxylic acids is 1. The van der Waals surface area contributed by atoms with Gasteiger partial charge < -0.3 is 14.6 Å². The van der Waals surface area contributed by atoms with Gasteiger partial charge in [0.1, 0.15) is 5.75 Å². The summed E-state index contributed by atoms with van der Waals surface area (Å²) in [4.78, 5) is 10.8. The first-order chi connectivity index (χ1) is 11.2. The van der Waals surface area contributed by atoms with E-state index in [0.717, 1.165) is 0 Å². The van der Waals surface area contributed by atoms with Crippen LogP contribution in [0.3, 0.4) is 0 Å². The molecule has 0 aliphatic carbocycles. The van der Waals surface area contributed by atoms with Crippen molar-refractivity contribution >= 4 is 5.97 Å². The number of aliphatic carboxylic acids is 1. The molecule has 1 rings (SSSR count). The lowest BCUT2D eigenvalue weighted by Gasteiger charge is -2.36. The molecule has 1 aromatic rings. The SMILES string of the molecule is COC(c1cc(C)c(OC(C)C(=O)O)c(C)c1)(C(F)(F)F)C(F)(F)F. The minimum Gasteiger partial charge on any atom is -0.479 e. The molecular formula is C15H16F6O4. The molecule has 10 heteroatoms. The van der Waals surface area contributed by atoms with Crippen LogP contribution in [0.15, 0.2) is 12.1 Å². The zero-order valence-corrected chi connectivity index (χ0v) is 13.7. The third kappa shape index (κ3) is 3.68. The molecule has 0 spiro atoms. The van der Waals surface area contributed by atoms with Gasteiger partial charge >= 0.3 is 18.3 Å². The van der Waals surface area contributed by atoms with Crippen molar-refractivity contribution in [1.82, 2.24) is 0 Å². The van der Waals surface area contributed by atoms with E-state index in [2.05, 4.69) is 4.74 Å². The molecule has 0 saturated carbocycles. The molecule has 0 aliphatic heterocycles. The number of methoxy groups -OCH3 is 1. The van der Waals surface area contributed by atoms with E-state index in [-0.39, 0.29) is 16.9 Å². The summed E-state index contributed by atoms with van der Waals surface area (Å²) in [6, 6.07) is 1.25. The van der Waals surface area contributed by atoms with Crippen LogP contribution in [0.1, 0.15) is 23.6 Å². The number of ether oxygens (including phenoxy) is 2. The number of carboxylic acid groups (broad SMARTS) is 1. The van der Waals surface area contributed by atoms with E-state index in [1.165, 1.54) is 20.8 Å². The van der Waals surface area contributed by atoms with Crippen molar-refractivity contribution < 1.29 is 45.7 Å². The summed E-state index contributed by atoms with van der Waals surface area (Å²) < 4.78 is 88.7. The molecule has 4 nitrogen and oxygen atoms in total. The molecule has 0 amide bonds. The smallest absolute Gasteiger partial charge is 0.430 e. The van der Waals surface area contributed by atoms with Gasteiger partial charge in [0, 0.05) is 12.7 Å². The van der Waals surface area contributed by atoms with E-state index in [0.29, 0.717) is 19.2 Å². The molecule has 0 radical (unpaired) electrons. The van der Waals surface area contributed by atoms with E-state index in [1.54, 1.807) is 0 Å². The second kappa shape index (κ2) is 6.74. The van der Waals surface area contributed by atoms with Crippen LogP contribution in [0, 0.1) is 13.8 Å². The molecule has 0 fully saturated rings. The quantitative estimate of drug-likeness (QED) is 0.788. The standard InChI is InChI=1S/C15H16F6O4/c1-7-5-10(6-8(2)11(7)25-9(3)12(22)23)13(24-4,14(16,17)18)15(19,20)21/h5-6,9H,1-4H3,(H,22,23). The number of hydrogen-bond acceptors (Lipinski definition) is 3. The number of aryl methyl sites for hydroxylation is 2. The van der Waals surface area contributed by atoms with Gasteiger partial charge in [0.2, 0.25) is 0 Å². The molecular weight excluding hydrogens is 358 g/mol. The largest absolute Gasteiger partial charge is 0.479 e. The summed E-state index contributed by atoms with van der Waals surface area (Å²) in [7, 11) is 0.322. The van der Waals surface area contributed by atoms with Crippen molar-refractivity contribution in [1.29, 1.82) is 0 Å². The fourth-order valence-corrected chi connectivity index (χ4v) is 2.40. The molecule has 1 aromatic carbocycles. The van der Waals surface area contributed by atoms with Crippen LogP contribution in [-0.2, 0) is 15.1 Å². The molecule has 0 saturated heterocycles. The van der Waals surface area contributed by atoms with Crippen LogP contribution in [0.2, 0.25) is 0 Å². The summed E-state index contributed by atoms with van der Waals surface area (Å²) in [5, 5.41) is 8.82. The van der Waals surface area contributed by atoms with Crippen molar-refractivity contribution in [2.24, 2.45) is 0 Å². The van der Waals surface area contributed by atoms with Gasteiger partial charge in [-0.15, -0.1) is 0 Å². The topological polar surface area (TPSA) is 55.8 Å². The first kappa shape index (κ1) is 21.1. The Hall–Kier alpha value is -1.97. The van der Waals surface area contributed by atoms with E-state index in [9.17, 15) is 31.1 Å². The molecule has 1 N–H and O–H groups in total. The number of hydrogen-bond donors (Lipinski definition) is 1. The lowest BCUT2D eigenvalue weighted by Crippen LogP contribution is -2.55. The lowest BCUT2D eigenvalue weighted by molar-refractivity contribution is -0.383. The predicted molar refractivity (Wildman–Crippen MR) is 74.4 cm³/mol. The second-order valence-corrected chi connectivity index (χ2v) is 5.42. The van der Waals surface area contributed by atoms with Gasteiger partial charge in [-0.2, -0.15) is 26.3 Å². The number of benzene rings is 1. The van der Waals surface area contributed by atoms with Crippen molar-refractivity contribution in [3.05, 3.63) is 28.8 Å². The van der Waals surface area contributed by atoms with Gasteiger partial charge in [0.25, 0.3) is 5.60 Å². The fraction of sp³-hybridized carbons (Fsp3) is 0.533. The van der Waals surface area contributed by atoms with Gasteiger partial charge in [-0.25, -0.2) is 4.79 Å². The highest BCUT2D eigenvalue weighted by atomic mass is 19.4. The first-order valence-electron chi connectivity index (χ1n) is 6.88. The van der Waals surface area contributed by atoms with Crippen LogP contribution in [-0.4, -0.2) is 36.6 Å². The van der Waals surface area contributed by atoms with Gasteiger partial charge in [0.15, 0.2) is 6.10 Å². The second-order valence-electron chi connectivity index (χ2n) is 5.42. The average Bonchev–Trinajstić information content (AvgIpc) is 2.40. The van der Waals surface area contributed by atoms with E-state index in [1.807, 2.05) is 0 Å². The van der Waals surface area contributed by atoms with E-state index >= 15 is 0 Å². The third-order valence-corrected chi connectivity index (χ3v) is 3.61. The van der Waals surface area contributed by atoms with Crippen molar-refractivity contribution in [3.8, 4) is 5.75 Å². The molecule has 0 bridgehead atoms. The minimum absolute atomic E-state index is 0.0852. The van der Waals surface area contributed by atoms with Gasteiger partial charge in [-0.05, 0) is 44.0 Å². The number of alkyl halides is 6. The Morgan fingerprint density at radius 1 is 1.04 bits per heavy atom. The highest BCUT2D eigenvalue weighted by Crippen LogP contribution is 2.53. The van der Waals surface area contributed by atoms with Crippen molar-refractivity contribution in [3.63, 3.8) is 0 Å². The first-order valence-corrected chi connectivity index (χ1v) is 6.88. The van der Waals surface area contributed by atoms with Gasteiger partial charge in [-0.1, -0.05) is 0 Å². The predicted octanol–water partition coefficient (Wildman–Crippen LogP) is 4.12. The van der Waals surface area contributed by atoms with E-state index in [4.69, 9.17) is 9.84 Å². The molecule has 0 heterocycles. The zero-order valence-electron chi connectivity index (χ0n) is 13.7. The Balaban J connectivity index is 3.59.